The Balaban J connectivity index is 2.27. The summed E-state index contributed by atoms with van der Waals surface area (Å²) in [5.41, 5.74) is 6.96. The summed E-state index contributed by atoms with van der Waals surface area (Å²) >= 11 is 0. The summed E-state index contributed by atoms with van der Waals surface area (Å²) < 4.78 is 26.4. The average Bonchev–Trinajstić information content (AvgIpc) is 2.32. The van der Waals surface area contributed by atoms with Crippen LogP contribution in [-0.4, -0.2) is 13.4 Å². The maximum absolute atomic E-state index is 12.0. The van der Waals surface area contributed by atoms with Crippen LogP contribution in [-0.2, 0) is 10.0 Å². The lowest BCUT2D eigenvalue weighted by Gasteiger charge is -2.07. The Labute approximate surface area is 106 Å². The van der Waals surface area contributed by atoms with E-state index in [4.69, 9.17) is 5.73 Å². The van der Waals surface area contributed by atoms with Crippen molar-refractivity contribution >= 4 is 21.5 Å². The molecule has 0 aliphatic carbocycles. The Kier molecular flexibility index (Phi) is 3.20. The summed E-state index contributed by atoms with van der Waals surface area (Å²) in [6.45, 7) is 1.89. The lowest BCUT2D eigenvalue weighted by atomic mass is 10.2. The van der Waals surface area contributed by atoms with Gasteiger partial charge in [-0.25, -0.2) is 13.4 Å². The fourth-order valence-electron chi connectivity index (χ4n) is 1.38. The van der Waals surface area contributed by atoms with E-state index in [2.05, 4.69) is 9.71 Å². The largest absolute Gasteiger partial charge is 0.397 e. The number of anilines is 2. The monoisotopic (exact) mass is 263 g/mol. The fourth-order valence-corrected chi connectivity index (χ4v) is 2.39. The van der Waals surface area contributed by atoms with Gasteiger partial charge in [0.15, 0.2) is 0 Å². The van der Waals surface area contributed by atoms with Gasteiger partial charge in [0.05, 0.1) is 16.8 Å². The highest BCUT2D eigenvalue weighted by atomic mass is 32.2. The molecular formula is C12H13N3O2S. The number of nitrogens with one attached hydrogen (secondary N) is 1. The number of nitrogens with two attached hydrogens (primary N) is 1. The maximum atomic E-state index is 12.0. The molecule has 94 valence electrons. The Hall–Kier alpha value is -2.08. The molecule has 0 radical (unpaired) electrons. The van der Waals surface area contributed by atoms with E-state index < -0.39 is 10.0 Å². The second-order valence-electron chi connectivity index (χ2n) is 3.90. The molecule has 0 saturated carbocycles. The molecule has 0 aliphatic heterocycles. The molecule has 2 rings (SSSR count). The van der Waals surface area contributed by atoms with E-state index in [0.717, 1.165) is 5.56 Å². The predicted octanol–water partition coefficient (Wildman–Crippen LogP) is 1.77. The summed E-state index contributed by atoms with van der Waals surface area (Å²) in [4.78, 5) is 4.09. The van der Waals surface area contributed by atoms with Crippen molar-refractivity contribution in [1.29, 1.82) is 0 Å². The van der Waals surface area contributed by atoms with Gasteiger partial charge in [0, 0.05) is 0 Å². The molecule has 0 amide bonds. The minimum absolute atomic E-state index is 0.201. The van der Waals surface area contributed by atoms with E-state index in [1.807, 2.05) is 6.92 Å². The minimum Gasteiger partial charge on any atom is -0.397 e. The first-order valence-corrected chi connectivity index (χ1v) is 6.77. The van der Waals surface area contributed by atoms with Gasteiger partial charge in [-0.05, 0) is 31.2 Å². The molecule has 5 nitrogen and oxygen atoms in total. The fraction of sp³-hybridized carbons (Fsp3) is 0.0833. The van der Waals surface area contributed by atoms with Crippen molar-refractivity contribution in [2.75, 3.05) is 10.5 Å². The molecule has 0 fully saturated rings. The van der Waals surface area contributed by atoms with Crippen molar-refractivity contribution in [3.8, 4) is 0 Å². The van der Waals surface area contributed by atoms with Crippen molar-refractivity contribution in [1.82, 2.24) is 4.98 Å². The number of hydrogen-bond donors (Lipinski definition) is 2. The highest BCUT2D eigenvalue weighted by molar-refractivity contribution is 7.92. The van der Waals surface area contributed by atoms with Gasteiger partial charge in [-0.15, -0.1) is 0 Å². The first kappa shape index (κ1) is 12.4. The molecule has 1 aromatic carbocycles. The molecule has 1 aromatic heterocycles. The predicted molar refractivity (Wildman–Crippen MR) is 70.6 cm³/mol. The van der Waals surface area contributed by atoms with Gasteiger partial charge in [0.1, 0.15) is 5.82 Å². The molecule has 2 aromatic rings. The highest BCUT2D eigenvalue weighted by Crippen LogP contribution is 2.15. The van der Waals surface area contributed by atoms with Gasteiger partial charge in [0.2, 0.25) is 0 Å². The van der Waals surface area contributed by atoms with E-state index in [1.54, 1.807) is 30.3 Å². The van der Waals surface area contributed by atoms with E-state index in [1.165, 1.54) is 12.3 Å². The zero-order valence-electron chi connectivity index (χ0n) is 9.79. The minimum atomic E-state index is -3.60. The molecule has 18 heavy (non-hydrogen) atoms. The molecule has 0 atom stereocenters. The topological polar surface area (TPSA) is 85.1 Å². The number of aromatic nitrogens is 1. The maximum Gasteiger partial charge on any atom is 0.263 e. The number of sulfonamides is 1. The van der Waals surface area contributed by atoms with E-state index in [9.17, 15) is 8.42 Å². The zero-order chi connectivity index (χ0) is 13.2. The molecule has 0 spiro atoms. The number of benzene rings is 1. The first-order chi connectivity index (χ1) is 8.47. The third-order valence-corrected chi connectivity index (χ3v) is 3.73. The van der Waals surface area contributed by atoms with Crippen LogP contribution in [0.4, 0.5) is 11.5 Å². The third kappa shape index (κ3) is 2.78. The number of nitrogen functional groups attached to an aromatic ring is 1. The van der Waals surface area contributed by atoms with Crippen LogP contribution in [0, 0.1) is 6.92 Å². The summed E-state index contributed by atoms with van der Waals surface area (Å²) in [6.07, 6.45) is 1.40. The Morgan fingerprint density at radius 2 is 1.78 bits per heavy atom. The summed E-state index contributed by atoms with van der Waals surface area (Å²) in [5, 5.41) is 0. The molecule has 0 saturated heterocycles. The van der Waals surface area contributed by atoms with E-state index in [0.29, 0.717) is 5.69 Å². The Bertz CT molecular complexity index is 634. The van der Waals surface area contributed by atoms with Gasteiger partial charge >= 0.3 is 0 Å². The number of nitrogens with zero attached hydrogens (tertiary/aromatic N) is 1. The number of rotatable bonds is 3. The normalized spacial score (nSPS) is 11.2. The first-order valence-electron chi connectivity index (χ1n) is 5.28. The van der Waals surface area contributed by atoms with Crippen molar-refractivity contribution in [2.24, 2.45) is 0 Å². The van der Waals surface area contributed by atoms with E-state index >= 15 is 0 Å². The van der Waals surface area contributed by atoms with Gasteiger partial charge in [-0.3, -0.25) is 4.72 Å². The highest BCUT2D eigenvalue weighted by Gasteiger charge is 2.14. The van der Waals surface area contributed by atoms with Crippen LogP contribution in [0.15, 0.2) is 47.5 Å². The molecule has 0 unspecified atom stereocenters. The van der Waals surface area contributed by atoms with Crippen molar-refractivity contribution in [3.05, 3.63) is 48.2 Å². The molecule has 0 aliphatic rings. The number of hydrogen-bond acceptors (Lipinski definition) is 4. The summed E-state index contributed by atoms with van der Waals surface area (Å²) in [7, 11) is -3.60. The standard InChI is InChI=1S/C12H13N3O2S/c1-9-2-5-11(6-3-9)18(16,17)15-12-7-4-10(13)8-14-12/h2-8H,13H2,1H3,(H,14,15). The number of aryl methyl sites for hydroxylation is 1. The van der Waals surface area contributed by atoms with Crippen LogP contribution in [0.5, 0.6) is 0 Å². The Morgan fingerprint density at radius 1 is 1.11 bits per heavy atom. The second-order valence-corrected chi connectivity index (χ2v) is 5.58. The van der Waals surface area contributed by atoms with Gasteiger partial charge in [0.25, 0.3) is 10.0 Å². The second kappa shape index (κ2) is 4.66. The molecular weight excluding hydrogens is 250 g/mol. The lowest BCUT2D eigenvalue weighted by Crippen LogP contribution is -2.13. The molecule has 0 bridgehead atoms. The van der Waals surface area contributed by atoms with E-state index in [-0.39, 0.29) is 10.7 Å². The molecule has 3 N–H and O–H groups in total. The zero-order valence-corrected chi connectivity index (χ0v) is 10.6. The van der Waals surface area contributed by atoms with Crippen LogP contribution in [0.3, 0.4) is 0 Å². The SMILES string of the molecule is Cc1ccc(S(=O)(=O)Nc2ccc(N)cn2)cc1. The van der Waals surface area contributed by atoms with Crippen molar-refractivity contribution in [2.45, 2.75) is 11.8 Å². The molecule has 6 heteroatoms. The van der Waals surface area contributed by atoms with Gasteiger partial charge in [-0.2, -0.15) is 0 Å². The smallest absolute Gasteiger partial charge is 0.263 e. The quantitative estimate of drug-likeness (QED) is 0.883. The average molecular weight is 263 g/mol. The summed E-state index contributed by atoms with van der Waals surface area (Å²) in [6, 6.07) is 9.68. The third-order valence-electron chi connectivity index (χ3n) is 2.36. The van der Waals surface area contributed by atoms with Crippen LogP contribution in [0.2, 0.25) is 0 Å². The molecule has 1 heterocycles. The van der Waals surface area contributed by atoms with Crippen LogP contribution < -0.4 is 10.5 Å². The number of pyridine rings is 1. The Morgan fingerprint density at radius 3 is 2.33 bits per heavy atom. The van der Waals surface area contributed by atoms with Crippen molar-refractivity contribution < 1.29 is 8.42 Å². The van der Waals surface area contributed by atoms with Crippen LogP contribution in [0.25, 0.3) is 0 Å². The van der Waals surface area contributed by atoms with Crippen LogP contribution in [0.1, 0.15) is 5.56 Å². The van der Waals surface area contributed by atoms with Gasteiger partial charge in [-0.1, -0.05) is 17.7 Å². The lowest BCUT2D eigenvalue weighted by molar-refractivity contribution is 0.601. The summed E-state index contributed by atoms with van der Waals surface area (Å²) in [5.74, 6) is 0.241. The van der Waals surface area contributed by atoms with Gasteiger partial charge < -0.3 is 5.73 Å². The van der Waals surface area contributed by atoms with Crippen molar-refractivity contribution in [3.63, 3.8) is 0 Å². The van der Waals surface area contributed by atoms with Crippen LogP contribution >= 0.6 is 0 Å².